The first-order valence-electron chi connectivity index (χ1n) is 4.47. The van der Waals surface area contributed by atoms with Gasteiger partial charge < -0.3 is 15.9 Å². The molecule has 0 heterocycles. The van der Waals surface area contributed by atoms with Crippen LogP contribution in [0.3, 0.4) is 0 Å². The van der Waals surface area contributed by atoms with Crippen molar-refractivity contribution in [2.45, 2.75) is 24.5 Å². The van der Waals surface area contributed by atoms with Crippen molar-refractivity contribution >= 4 is 0 Å². The molecule has 0 radical (unpaired) electrons. The fourth-order valence-corrected chi connectivity index (χ4v) is 1.91. The maximum atomic E-state index is 13.4. The first-order valence-corrected chi connectivity index (χ1v) is 4.47. The Hall–Kier alpha value is -1.13. The summed E-state index contributed by atoms with van der Waals surface area (Å²) < 4.78 is 13.4. The number of halogens is 1. The number of hydrogen-bond acceptors (Lipinski definition) is 3. The van der Waals surface area contributed by atoms with Crippen molar-refractivity contribution in [3.63, 3.8) is 0 Å². The molecule has 0 atom stereocenters. The van der Waals surface area contributed by atoms with Crippen LogP contribution in [0.1, 0.15) is 18.4 Å². The topological polar surface area (TPSA) is 66.5 Å². The molecule has 0 bridgehead atoms. The minimum Gasteiger partial charge on any atom is -0.508 e. The van der Waals surface area contributed by atoms with Gasteiger partial charge >= 0.3 is 0 Å². The summed E-state index contributed by atoms with van der Waals surface area (Å²) >= 11 is 0. The number of nitrogens with two attached hydrogens (primary N) is 1. The number of aliphatic hydroxyl groups is 1. The van der Waals surface area contributed by atoms with Gasteiger partial charge in [0, 0.05) is 17.2 Å². The first kappa shape index (κ1) is 9.43. The Balaban J connectivity index is 2.33. The predicted molar refractivity (Wildman–Crippen MR) is 49.2 cm³/mol. The number of rotatable bonds is 1. The first-order chi connectivity index (χ1) is 6.51. The lowest BCUT2D eigenvalue weighted by atomic mass is 9.70. The minimum absolute atomic E-state index is 0.116. The molecular weight excluding hydrogens is 185 g/mol. The normalized spacial score (nSPS) is 31.2. The van der Waals surface area contributed by atoms with Crippen LogP contribution in [0.25, 0.3) is 0 Å². The number of benzene rings is 1. The highest BCUT2D eigenvalue weighted by molar-refractivity contribution is 5.34. The summed E-state index contributed by atoms with van der Waals surface area (Å²) in [5.74, 6) is -0.630. The lowest BCUT2D eigenvalue weighted by Crippen LogP contribution is -2.52. The van der Waals surface area contributed by atoms with E-state index in [4.69, 9.17) is 15.9 Å². The van der Waals surface area contributed by atoms with Gasteiger partial charge in [-0.1, -0.05) is 6.07 Å². The highest BCUT2D eigenvalue weighted by atomic mass is 19.1. The molecule has 0 saturated heterocycles. The molecule has 1 aliphatic rings. The van der Waals surface area contributed by atoms with Gasteiger partial charge in [-0.25, -0.2) is 4.39 Å². The van der Waals surface area contributed by atoms with Crippen molar-refractivity contribution in [2.24, 2.45) is 5.73 Å². The Morgan fingerprint density at radius 2 is 2.07 bits per heavy atom. The van der Waals surface area contributed by atoms with E-state index in [2.05, 4.69) is 0 Å². The Kier molecular flexibility index (Phi) is 1.97. The fourth-order valence-electron chi connectivity index (χ4n) is 1.91. The molecule has 4 heteroatoms. The smallest absolute Gasteiger partial charge is 0.131 e. The van der Waals surface area contributed by atoms with Crippen LogP contribution in [0.5, 0.6) is 5.75 Å². The van der Waals surface area contributed by atoms with Gasteiger partial charge in [-0.2, -0.15) is 0 Å². The molecule has 1 saturated carbocycles. The number of phenols is 1. The van der Waals surface area contributed by atoms with Crippen molar-refractivity contribution < 1.29 is 14.6 Å². The maximum absolute atomic E-state index is 13.4. The molecule has 0 unspecified atom stereocenters. The highest BCUT2D eigenvalue weighted by Crippen LogP contribution is 2.40. The molecule has 1 fully saturated rings. The van der Waals surface area contributed by atoms with Crippen LogP contribution in [-0.2, 0) is 5.54 Å². The lowest BCUT2D eigenvalue weighted by molar-refractivity contribution is 0.0192. The van der Waals surface area contributed by atoms with E-state index in [-0.39, 0.29) is 5.75 Å². The third-order valence-corrected chi connectivity index (χ3v) is 2.69. The summed E-state index contributed by atoms with van der Waals surface area (Å²) in [6, 6.07) is 3.91. The maximum Gasteiger partial charge on any atom is 0.131 e. The summed E-state index contributed by atoms with van der Waals surface area (Å²) in [5, 5.41) is 18.2. The Labute approximate surface area is 81.0 Å². The number of aliphatic hydroxyl groups excluding tert-OH is 1. The summed E-state index contributed by atoms with van der Waals surface area (Å²) in [6.45, 7) is 0. The van der Waals surface area contributed by atoms with Crippen LogP contribution >= 0.6 is 0 Å². The molecule has 76 valence electrons. The third-order valence-electron chi connectivity index (χ3n) is 2.69. The molecule has 1 aliphatic carbocycles. The van der Waals surface area contributed by atoms with Crippen LogP contribution in [0, 0.1) is 5.82 Å². The average molecular weight is 197 g/mol. The standard InChI is InChI=1S/C10H12FNO2/c11-9-3-6(13)1-2-8(9)10(12)4-7(14)5-10/h1-3,7,13-14H,4-5,12H2. The Morgan fingerprint density at radius 1 is 1.43 bits per heavy atom. The lowest BCUT2D eigenvalue weighted by Gasteiger charge is -2.42. The molecule has 1 aromatic rings. The number of hydrogen-bond donors (Lipinski definition) is 3. The predicted octanol–water partition coefficient (Wildman–Crippen LogP) is 0.840. The van der Waals surface area contributed by atoms with Crippen LogP contribution in [0.15, 0.2) is 18.2 Å². The molecular formula is C10H12FNO2. The van der Waals surface area contributed by atoms with E-state index in [0.29, 0.717) is 18.4 Å². The Bertz CT molecular complexity index is 361. The van der Waals surface area contributed by atoms with Gasteiger partial charge in [-0.15, -0.1) is 0 Å². The molecule has 0 spiro atoms. The zero-order valence-electron chi connectivity index (χ0n) is 7.57. The van der Waals surface area contributed by atoms with Crippen molar-refractivity contribution in [1.82, 2.24) is 0 Å². The second kappa shape index (κ2) is 2.93. The van der Waals surface area contributed by atoms with Gasteiger partial charge in [0.05, 0.1) is 6.10 Å². The molecule has 4 N–H and O–H groups in total. The minimum atomic E-state index is -0.767. The van der Waals surface area contributed by atoms with E-state index >= 15 is 0 Å². The zero-order chi connectivity index (χ0) is 10.3. The molecule has 0 aromatic heterocycles. The van der Waals surface area contributed by atoms with Crippen LogP contribution in [-0.4, -0.2) is 16.3 Å². The van der Waals surface area contributed by atoms with Gasteiger partial charge in [0.25, 0.3) is 0 Å². The second-order valence-electron chi connectivity index (χ2n) is 3.88. The van der Waals surface area contributed by atoms with Crippen molar-refractivity contribution in [2.75, 3.05) is 0 Å². The van der Waals surface area contributed by atoms with Crippen LogP contribution < -0.4 is 5.73 Å². The fraction of sp³-hybridized carbons (Fsp3) is 0.400. The summed E-state index contributed by atoms with van der Waals surface area (Å²) in [5.41, 5.74) is 5.48. The molecule has 3 nitrogen and oxygen atoms in total. The van der Waals surface area contributed by atoms with Crippen LogP contribution in [0.2, 0.25) is 0 Å². The summed E-state index contributed by atoms with van der Waals surface area (Å²) in [6.07, 6.45) is 0.303. The molecule has 2 rings (SSSR count). The van der Waals surface area contributed by atoms with Crippen molar-refractivity contribution in [3.8, 4) is 5.75 Å². The largest absolute Gasteiger partial charge is 0.508 e. The molecule has 14 heavy (non-hydrogen) atoms. The van der Waals surface area contributed by atoms with Gasteiger partial charge in [-0.05, 0) is 18.9 Å². The number of aromatic hydroxyl groups is 1. The van der Waals surface area contributed by atoms with E-state index < -0.39 is 17.5 Å². The van der Waals surface area contributed by atoms with Gasteiger partial charge in [0.1, 0.15) is 11.6 Å². The van der Waals surface area contributed by atoms with Gasteiger partial charge in [0.2, 0.25) is 0 Å². The van der Waals surface area contributed by atoms with Crippen molar-refractivity contribution in [1.29, 1.82) is 0 Å². The molecule has 0 amide bonds. The number of phenolic OH excluding ortho intramolecular Hbond substituents is 1. The second-order valence-corrected chi connectivity index (χ2v) is 3.88. The molecule has 1 aromatic carbocycles. The monoisotopic (exact) mass is 197 g/mol. The van der Waals surface area contributed by atoms with E-state index in [1.165, 1.54) is 12.1 Å². The van der Waals surface area contributed by atoms with Gasteiger partial charge in [-0.3, -0.25) is 0 Å². The summed E-state index contributed by atoms with van der Waals surface area (Å²) in [4.78, 5) is 0. The van der Waals surface area contributed by atoms with E-state index in [1.54, 1.807) is 0 Å². The zero-order valence-corrected chi connectivity index (χ0v) is 7.57. The third kappa shape index (κ3) is 1.36. The van der Waals surface area contributed by atoms with E-state index in [1.807, 2.05) is 0 Å². The van der Waals surface area contributed by atoms with Gasteiger partial charge in [0.15, 0.2) is 0 Å². The molecule has 0 aliphatic heterocycles. The summed E-state index contributed by atoms with van der Waals surface area (Å²) in [7, 11) is 0. The quantitative estimate of drug-likeness (QED) is 0.625. The average Bonchev–Trinajstić information content (AvgIpc) is 2.00. The Morgan fingerprint density at radius 3 is 2.57 bits per heavy atom. The van der Waals surface area contributed by atoms with E-state index in [0.717, 1.165) is 6.07 Å². The highest BCUT2D eigenvalue weighted by Gasteiger charge is 2.43. The van der Waals surface area contributed by atoms with E-state index in [9.17, 15) is 4.39 Å². The van der Waals surface area contributed by atoms with Crippen molar-refractivity contribution in [3.05, 3.63) is 29.6 Å². The SMILES string of the molecule is NC1(c2ccc(O)cc2F)CC(O)C1. The van der Waals surface area contributed by atoms with Crippen LogP contribution in [0.4, 0.5) is 4.39 Å².